The molecule has 1 heterocycles. The van der Waals surface area contributed by atoms with Gasteiger partial charge in [-0.1, -0.05) is 0 Å². The highest BCUT2D eigenvalue weighted by atomic mass is 127. The van der Waals surface area contributed by atoms with Gasteiger partial charge in [-0.15, -0.1) is 0 Å². The average Bonchev–Trinajstić information content (AvgIpc) is 2.15. The van der Waals surface area contributed by atoms with Gasteiger partial charge in [0.25, 0.3) is 6.43 Å². The van der Waals surface area contributed by atoms with E-state index < -0.39 is 23.8 Å². The first-order chi connectivity index (χ1) is 7.95. The molecule has 3 nitrogen and oxygen atoms in total. The van der Waals surface area contributed by atoms with E-state index in [2.05, 4.69) is 9.72 Å². The van der Waals surface area contributed by atoms with Gasteiger partial charge in [-0.25, -0.2) is 18.2 Å². The van der Waals surface area contributed by atoms with E-state index in [1.807, 2.05) is 0 Å². The lowest BCUT2D eigenvalue weighted by molar-refractivity contribution is -0.142. The number of carbonyl (C=O) groups excluding carboxylic acids is 1. The number of aromatic nitrogens is 1. The molecule has 94 valence electrons. The van der Waals surface area contributed by atoms with E-state index in [1.54, 1.807) is 6.92 Å². The van der Waals surface area contributed by atoms with Crippen LogP contribution < -0.4 is 0 Å². The van der Waals surface area contributed by atoms with Crippen LogP contribution in [0.2, 0.25) is 0 Å². The number of hydrogen-bond donors (Lipinski definition) is 0. The Labute approximate surface area is 110 Å². The molecule has 0 aliphatic heterocycles. The van der Waals surface area contributed by atoms with Crippen molar-refractivity contribution in [1.82, 2.24) is 4.98 Å². The molecule has 0 bridgehead atoms. The fourth-order valence-electron chi connectivity index (χ4n) is 1.19. The van der Waals surface area contributed by atoms with Crippen molar-refractivity contribution in [2.24, 2.45) is 0 Å². The quantitative estimate of drug-likeness (QED) is 0.472. The maximum absolute atomic E-state index is 13.3. The van der Waals surface area contributed by atoms with E-state index in [0.29, 0.717) is 0 Å². The first-order valence-corrected chi connectivity index (χ1v) is 5.82. The standard InChI is InChI=1S/C10H9F3INO2/c1-2-17-7(16)4-5-3-6(11)8(9(12)13)10(14)15-5/h3,9H,2,4H2,1H3. The summed E-state index contributed by atoms with van der Waals surface area (Å²) >= 11 is 1.51. The van der Waals surface area contributed by atoms with Crippen LogP contribution in [-0.2, 0) is 16.0 Å². The Hall–Kier alpha value is -0.860. The van der Waals surface area contributed by atoms with Crippen molar-refractivity contribution in [3.63, 3.8) is 0 Å². The Morgan fingerprint density at radius 3 is 2.71 bits per heavy atom. The van der Waals surface area contributed by atoms with Gasteiger partial charge < -0.3 is 4.74 Å². The minimum Gasteiger partial charge on any atom is -0.466 e. The van der Waals surface area contributed by atoms with E-state index in [-0.39, 0.29) is 22.4 Å². The Morgan fingerprint density at radius 1 is 1.59 bits per heavy atom. The zero-order valence-electron chi connectivity index (χ0n) is 8.84. The first kappa shape index (κ1) is 14.2. The number of nitrogens with zero attached hydrogens (tertiary/aromatic N) is 1. The molecule has 0 spiro atoms. The Morgan fingerprint density at radius 2 is 2.24 bits per heavy atom. The number of alkyl halides is 2. The van der Waals surface area contributed by atoms with Crippen LogP contribution >= 0.6 is 22.6 Å². The van der Waals surface area contributed by atoms with Gasteiger partial charge in [-0.2, -0.15) is 0 Å². The number of esters is 1. The van der Waals surface area contributed by atoms with Crippen LogP contribution in [0.1, 0.15) is 24.6 Å². The van der Waals surface area contributed by atoms with Gasteiger partial charge in [0, 0.05) is 0 Å². The maximum atomic E-state index is 13.3. The summed E-state index contributed by atoms with van der Waals surface area (Å²) < 4.78 is 42.7. The van der Waals surface area contributed by atoms with Crippen molar-refractivity contribution in [3.8, 4) is 0 Å². The Balaban J connectivity index is 2.94. The third-order valence-electron chi connectivity index (χ3n) is 1.86. The van der Waals surface area contributed by atoms with Crippen LogP contribution in [0.3, 0.4) is 0 Å². The second-order valence-electron chi connectivity index (χ2n) is 3.08. The highest BCUT2D eigenvalue weighted by Crippen LogP contribution is 2.26. The largest absolute Gasteiger partial charge is 0.466 e. The fourth-order valence-corrected chi connectivity index (χ4v) is 1.99. The normalized spacial score (nSPS) is 10.7. The predicted octanol–water partition coefficient (Wildman–Crippen LogP) is 2.87. The number of carbonyl (C=O) groups is 1. The molecule has 0 radical (unpaired) electrons. The van der Waals surface area contributed by atoms with Gasteiger partial charge in [0.05, 0.1) is 24.3 Å². The van der Waals surface area contributed by atoms with Crippen molar-refractivity contribution < 1.29 is 22.7 Å². The van der Waals surface area contributed by atoms with E-state index in [0.717, 1.165) is 6.07 Å². The molecule has 0 aromatic carbocycles. The van der Waals surface area contributed by atoms with Gasteiger partial charge in [0.15, 0.2) is 0 Å². The molecule has 0 saturated heterocycles. The van der Waals surface area contributed by atoms with Gasteiger partial charge >= 0.3 is 5.97 Å². The molecule has 0 N–H and O–H groups in total. The third-order valence-corrected chi connectivity index (χ3v) is 2.69. The summed E-state index contributed by atoms with van der Waals surface area (Å²) in [5, 5.41) is 0. The molecule has 0 fully saturated rings. The van der Waals surface area contributed by atoms with Crippen LogP contribution in [0.15, 0.2) is 6.07 Å². The van der Waals surface area contributed by atoms with Crippen LogP contribution in [0.5, 0.6) is 0 Å². The average molecular weight is 359 g/mol. The summed E-state index contributed by atoms with van der Waals surface area (Å²) in [4.78, 5) is 14.9. The molecular formula is C10H9F3INO2. The highest BCUT2D eigenvalue weighted by Gasteiger charge is 2.20. The minimum absolute atomic E-state index is 0.0785. The van der Waals surface area contributed by atoms with Gasteiger partial charge in [0.2, 0.25) is 0 Å². The Bertz CT molecular complexity index is 403. The smallest absolute Gasteiger partial charge is 0.311 e. The van der Waals surface area contributed by atoms with Gasteiger partial charge in [0.1, 0.15) is 9.52 Å². The molecule has 1 aromatic heterocycles. The number of pyridine rings is 1. The molecule has 7 heteroatoms. The lowest BCUT2D eigenvalue weighted by Crippen LogP contribution is -2.11. The molecule has 0 unspecified atom stereocenters. The molecule has 0 saturated carbocycles. The van der Waals surface area contributed by atoms with Crippen molar-refractivity contribution in [2.75, 3.05) is 6.61 Å². The minimum atomic E-state index is -2.92. The number of rotatable bonds is 4. The van der Waals surface area contributed by atoms with Crippen LogP contribution in [-0.4, -0.2) is 17.6 Å². The molecule has 0 atom stereocenters. The van der Waals surface area contributed by atoms with Gasteiger partial charge in [-0.05, 0) is 35.6 Å². The third kappa shape index (κ3) is 3.83. The molecule has 17 heavy (non-hydrogen) atoms. The summed E-state index contributed by atoms with van der Waals surface area (Å²) in [6, 6.07) is 0.834. The van der Waals surface area contributed by atoms with E-state index >= 15 is 0 Å². The predicted molar refractivity (Wildman–Crippen MR) is 62.2 cm³/mol. The summed E-state index contributed by atoms with van der Waals surface area (Å²) in [7, 11) is 0. The van der Waals surface area contributed by atoms with Crippen molar-refractivity contribution in [1.29, 1.82) is 0 Å². The SMILES string of the molecule is CCOC(=O)Cc1cc(F)c(C(F)F)c(I)n1. The van der Waals surface area contributed by atoms with Crippen LogP contribution in [0, 0.1) is 9.52 Å². The van der Waals surface area contributed by atoms with Crippen molar-refractivity contribution in [2.45, 2.75) is 19.8 Å². The number of ether oxygens (including phenoxy) is 1. The Kier molecular flexibility index (Phi) is 5.16. The van der Waals surface area contributed by atoms with Crippen LogP contribution in [0.25, 0.3) is 0 Å². The van der Waals surface area contributed by atoms with E-state index in [9.17, 15) is 18.0 Å². The number of halogens is 4. The lowest BCUT2D eigenvalue weighted by atomic mass is 10.2. The topological polar surface area (TPSA) is 39.2 Å². The van der Waals surface area contributed by atoms with E-state index in [4.69, 9.17) is 0 Å². The fraction of sp³-hybridized carbons (Fsp3) is 0.400. The van der Waals surface area contributed by atoms with Crippen LogP contribution in [0.4, 0.5) is 13.2 Å². The monoisotopic (exact) mass is 359 g/mol. The molecular weight excluding hydrogens is 350 g/mol. The lowest BCUT2D eigenvalue weighted by Gasteiger charge is -2.07. The second-order valence-corrected chi connectivity index (χ2v) is 4.10. The molecule has 1 aromatic rings. The molecule has 0 amide bonds. The van der Waals surface area contributed by atoms with Crippen molar-refractivity contribution in [3.05, 3.63) is 26.8 Å². The molecule has 1 rings (SSSR count). The first-order valence-electron chi connectivity index (χ1n) is 4.74. The van der Waals surface area contributed by atoms with Crippen molar-refractivity contribution >= 4 is 28.6 Å². The highest BCUT2D eigenvalue weighted by molar-refractivity contribution is 14.1. The maximum Gasteiger partial charge on any atom is 0.311 e. The summed E-state index contributed by atoms with van der Waals surface area (Å²) in [6.07, 6.45) is -3.16. The zero-order valence-corrected chi connectivity index (χ0v) is 11.0. The molecule has 0 aliphatic rings. The van der Waals surface area contributed by atoms with Gasteiger partial charge in [-0.3, -0.25) is 4.79 Å². The molecule has 0 aliphatic carbocycles. The summed E-state index contributed by atoms with van der Waals surface area (Å²) in [5.74, 6) is -1.63. The summed E-state index contributed by atoms with van der Waals surface area (Å²) in [6.45, 7) is 1.84. The zero-order chi connectivity index (χ0) is 13.0. The van der Waals surface area contributed by atoms with E-state index in [1.165, 1.54) is 22.6 Å². The summed E-state index contributed by atoms with van der Waals surface area (Å²) in [5.41, 5.74) is -0.659. The number of hydrogen-bond acceptors (Lipinski definition) is 3. The second kappa shape index (κ2) is 6.18.